The lowest BCUT2D eigenvalue weighted by atomic mass is 10.0. The zero-order valence-electron chi connectivity index (χ0n) is 19.1. The lowest BCUT2D eigenvalue weighted by molar-refractivity contribution is -0.139. The summed E-state index contributed by atoms with van der Waals surface area (Å²) in [7, 11) is 0. The number of nitrogens with zero attached hydrogens (tertiary/aromatic N) is 3. The Morgan fingerprint density at radius 2 is 2.12 bits per heavy atom. The van der Waals surface area contributed by atoms with Crippen LogP contribution < -0.4 is 20.1 Å². The minimum Gasteiger partial charge on any atom is -0.485 e. The maximum absolute atomic E-state index is 12.6. The van der Waals surface area contributed by atoms with Gasteiger partial charge in [0.05, 0.1) is 18.2 Å². The van der Waals surface area contributed by atoms with Gasteiger partial charge in [-0.15, -0.1) is 16.8 Å². The van der Waals surface area contributed by atoms with Crippen LogP contribution in [0.4, 0.5) is 4.79 Å². The second-order valence-corrected chi connectivity index (χ2v) is 8.51. The molecule has 2 aliphatic rings. The van der Waals surface area contributed by atoms with Crippen LogP contribution in [0.3, 0.4) is 0 Å². The number of fused-ring (bicyclic) bond motifs is 1. The van der Waals surface area contributed by atoms with Gasteiger partial charge in [-0.25, -0.2) is 9.59 Å². The van der Waals surface area contributed by atoms with Crippen LogP contribution in [-0.4, -0.2) is 51.8 Å². The molecule has 0 fully saturated rings. The minimum atomic E-state index is -0.447. The second kappa shape index (κ2) is 10.6. The van der Waals surface area contributed by atoms with E-state index in [-0.39, 0.29) is 12.6 Å². The molecule has 34 heavy (non-hydrogen) atoms. The Bertz CT molecular complexity index is 1110. The number of allylic oxidation sites excluding steroid dienone is 1. The third-order valence-corrected chi connectivity index (χ3v) is 6.34. The third-order valence-electron chi connectivity index (χ3n) is 5.35. The van der Waals surface area contributed by atoms with Crippen molar-refractivity contribution in [2.45, 2.75) is 44.1 Å². The van der Waals surface area contributed by atoms with Gasteiger partial charge in [0.15, 0.2) is 28.6 Å². The van der Waals surface area contributed by atoms with E-state index in [1.54, 1.807) is 13.0 Å². The predicted molar refractivity (Wildman–Crippen MR) is 126 cm³/mol. The fraction of sp³-hybridized carbons (Fsp3) is 0.391. The van der Waals surface area contributed by atoms with Crippen molar-refractivity contribution in [3.63, 3.8) is 0 Å². The number of ether oxygens (including phenoxy) is 3. The Morgan fingerprint density at radius 3 is 2.85 bits per heavy atom. The van der Waals surface area contributed by atoms with Gasteiger partial charge in [0.25, 0.3) is 0 Å². The van der Waals surface area contributed by atoms with Crippen molar-refractivity contribution in [2.75, 3.05) is 19.0 Å². The number of para-hydroxylation sites is 2. The van der Waals surface area contributed by atoms with Gasteiger partial charge < -0.3 is 24.8 Å². The Morgan fingerprint density at radius 1 is 1.32 bits per heavy atom. The first-order valence-electron chi connectivity index (χ1n) is 11.1. The summed E-state index contributed by atoms with van der Waals surface area (Å²) >= 11 is 1.35. The number of thioether (sulfide) groups is 1. The van der Waals surface area contributed by atoms with Crippen LogP contribution in [-0.2, 0) is 16.1 Å². The van der Waals surface area contributed by atoms with Crippen LogP contribution in [0, 0.1) is 0 Å². The van der Waals surface area contributed by atoms with Crippen molar-refractivity contribution >= 4 is 23.8 Å². The SMILES string of the molecule is C=CCn1c(SCC2=C(C(=O)OCC)C(CC)NC(=O)N2)nnc1C1COc2ccccc2O1. The normalized spacial score (nSPS) is 19.3. The highest BCUT2D eigenvalue weighted by molar-refractivity contribution is 7.99. The van der Waals surface area contributed by atoms with Crippen molar-refractivity contribution < 1.29 is 23.8 Å². The summed E-state index contributed by atoms with van der Waals surface area (Å²) in [5.41, 5.74) is 0.923. The van der Waals surface area contributed by atoms with Crippen LogP contribution in [0.5, 0.6) is 11.5 Å². The van der Waals surface area contributed by atoms with Gasteiger partial charge in [-0.2, -0.15) is 0 Å². The largest absolute Gasteiger partial charge is 0.485 e. The first kappa shape index (κ1) is 23.7. The highest BCUT2D eigenvalue weighted by atomic mass is 32.2. The first-order valence-corrected chi connectivity index (χ1v) is 12.1. The Hall–Kier alpha value is -3.47. The molecular weight excluding hydrogens is 458 g/mol. The number of hydrogen-bond acceptors (Lipinski definition) is 8. The molecule has 3 heterocycles. The molecule has 10 nitrogen and oxygen atoms in total. The summed E-state index contributed by atoms with van der Waals surface area (Å²) in [5.74, 6) is 1.80. The molecule has 2 unspecified atom stereocenters. The quantitative estimate of drug-likeness (QED) is 0.316. The fourth-order valence-corrected chi connectivity index (χ4v) is 4.73. The minimum absolute atomic E-state index is 0.247. The van der Waals surface area contributed by atoms with E-state index >= 15 is 0 Å². The van der Waals surface area contributed by atoms with Gasteiger partial charge in [-0.3, -0.25) is 4.57 Å². The highest BCUT2D eigenvalue weighted by Gasteiger charge is 2.32. The summed E-state index contributed by atoms with van der Waals surface area (Å²) in [6.07, 6.45) is 1.87. The molecule has 2 N–H and O–H groups in total. The number of aromatic nitrogens is 3. The van der Waals surface area contributed by atoms with Gasteiger partial charge in [0.1, 0.15) is 6.61 Å². The molecule has 2 amide bonds. The van der Waals surface area contributed by atoms with E-state index in [0.717, 1.165) is 0 Å². The molecule has 11 heteroatoms. The number of hydrogen-bond donors (Lipinski definition) is 2. The molecule has 180 valence electrons. The van der Waals surface area contributed by atoms with Gasteiger partial charge in [-0.05, 0) is 25.5 Å². The first-order chi connectivity index (χ1) is 16.5. The zero-order valence-corrected chi connectivity index (χ0v) is 19.9. The summed E-state index contributed by atoms with van der Waals surface area (Å²) in [6, 6.07) is 6.70. The fourth-order valence-electron chi connectivity index (χ4n) is 3.80. The molecule has 2 atom stereocenters. The van der Waals surface area contributed by atoms with E-state index in [1.807, 2.05) is 35.8 Å². The number of carbonyl (C=O) groups excluding carboxylic acids is 2. The van der Waals surface area contributed by atoms with Crippen molar-refractivity contribution in [2.24, 2.45) is 0 Å². The molecule has 1 aromatic carbocycles. The van der Waals surface area contributed by atoms with E-state index in [9.17, 15) is 9.59 Å². The number of amides is 2. The van der Waals surface area contributed by atoms with Crippen LogP contribution in [0.2, 0.25) is 0 Å². The van der Waals surface area contributed by atoms with Gasteiger partial charge >= 0.3 is 12.0 Å². The van der Waals surface area contributed by atoms with Crippen LogP contribution in [0.1, 0.15) is 32.2 Å². The molecule has 2 aliphatic heterocycles. The summed E-state index contributed by atoms with van der Waals surface area (Å²) < 4.78 is 19.1. The van der Waals surface area contributed by atoms with Gasteiger partial charge in [-0.1, -0.05) is 36.9 Å². The standard InChI is InChI=1S/C23H27N5O5S/c1-4-11-28-20(18-12-32-16-9-7-8-10-17(16)33-18)26-27-23(28)34-13-15-19(21(29)31-6-3)14(5-2)24-22(30)25-15/h4,7-10,14,18H,1,5-6,11-13H2,2-3H3,(H2,24,25,30). The van der Waals surface area contributed by atoms with Crippen molar-refractivity contribution in [1.82, 2.24) is 25.4 Å². The van der Waals surface area contributed by atoms with Gasteiger partial charge in [0.2, 0.25) is 0 Å². The molecule has 0 bridgehead atoms. The predicted octanol–water partition coefficient (Wildman–Crippen LogP) is 2.98. The molecule has 0 spiro atoms. The second-order valence-electron chi connectivity index (χ2n) is 7.56. The highest BCUT2D eigenvalue weighted by Crippen LogP contribution is 2.36. The number of urea groups is 1. The smallest absolute Gasteiger partial charge is 0.337 e. The molecule has 4 rings (SSSR count). The number of benzene rings is 1. The van der Waals surface area contributed by atoms with Crippen LogP contribution in [0.15, 0.2) is 53.3 Å². The lowest BCUT2D eigenvalue weighted by Crippen LogP contribution is -2.50. The lowest BCUT2D eigenvalue weighted by Gasteiger charge is -2.28. The van der Waals surface area contributed by atoms with Gasteiger partial charge in [0, 0.05) is 18.0 Å². The summed E-state index contributed by atoms with van der Waals surface area (Å²) in [5, 5.41) is 14.8. The Labute approximate surface area is 201 Å². The summed E-state index contributed by atoms with van der Waals surface area (Å²) in [4.78, 5) is 24.8. The van der Waals surface area contributed by atoms with Crippen molar-refractivity contribution in [3.8, 4) is 11.5 Å². The van der Waals surface area contributed by atoms with Crippen LogP contribution >= 0.6 is 11.8 Å². The molecular formula is C23H27N5O5S. The van der Waals surface area contributed by atoms with Crippen molar-refractivity contribution in [1.29, 1.82) is 0 Å². The molecule has 0 radical (unpaired) electrons. The number of esters is 1. The number of nitrogens with one attached hydrogen (secondary N) is 2. The molecule has 0 saturated carbocycles. The Kier molecular flexibility index (Phi) is 7.41. The van der Waals surface area contributed by atoms with Crippen molar-refractivity contribution in [3.05, 3.63) is 54.0 Å². The maximum Gasteiger partial charge on any atom is 0.337 e. The third kappa shape index (κ3) is 4.89. The number of rotatable bonds is 9. The number of carbonyl (C=O) groups is 2. The Balaban J connectivity index is 1.58. The monoisotopic (exact) mass is 485 g/mol. The van der Waals surface area contributed by atoms with E-state index in [1.165, 1.54) is 11.8 Å². The zero-order chi connectivity index (χ0) is 24.1. The summed E-state index contributed by atoms with van der Waals surface area (Å²) in [6.45, 7) is 8.50. The molecule has 2 aromatic rings. The van der Waals surface area contributed by atoms with E-state index in [4.69, 9.17) is 14.2 Å². The van der Waals surface area contributed by atoms with E-state index < -0.39 is 18.1 Å². The molecule has 1 aromatic heterocycles. The average molecular weight is 486 g/mol. The van der Waals surface area contributed by atoms with E-state index in [0.29, 0.717) is 59.1 Å². The topological polar surface area (TPSA) is 117 Å². The van der Waals surface area contributed by atoms with E-state index in [2.05, 4.69) is 27.4 Å². The van der Waals surface area contributed by atoms with Crippen LogP contribution in [0.25, 0.3) is 0 Å². The molecule has 0 saturated heterocycles. The average Bonchev–Trinajstić information content (AvgIpc) is 3.24. The maximum atomic E-state index is 12.6. The molecule has 0 aliphatic carbocycles.